The molecule has 1 fully saturated rings. The van der Waals surface area contributed by atoms with E-state index in [-0.39, 0.29) is 5.92 Å². The molecule has 1 aliphatic rings. The summed E-state index contributed by atoms with van der Waals surface area (Å²) < 4.78 is 3.97. The second kappa shape index (κ2) is 7.81. The smallest absolute Gasteiger partial charge is 0.310 e. The second-order valence-corrected chi connectivity index (χ2v) is 3.45. The Morgan fingerprint density at radius 1 is 1.12 bits per heavy atom. The van der Waals surface area contributed by atoms with Gasteiger partial charge in [0, 0.05) is 13.8 Å². The summed E-state index contributed by atoms with van der Waals surface area (Å²) in [5.74, 6) is -1.86. The molecule has 0 saturated carbocycles. The molecule has 16 heavy (non-hydrogen) atoms. The maximum absolute atomic E-state index is 10.3. The first-order chi connectivity index (χ1) is 7.43. The van der Waals surface area contributed by atoms with Crippen molar-refractivity contribution in [3.05, 3.63) is 0 Å². The fraction of sp³-hybridized carbons (Fsp3) is 0.700. The first-order valence-electron chi connectivity index (χ1n) is 5.06. The van der Waals surface area contributed by atoms with Crippen molar-refractivity contribution in [2.24, 2.45) is 5.92 Å². The molecule has 0 bridgehead atoms. The zero-order valence-corrected chi connectivity index (χ0v) is 9.49. The Labute approximate surface area is 94.0 Å². The number of carbonyl (C=O) groups excluding carboxylic acids is 2. The van der Waals surface area contributed by atoms with Crippen LogP contribution >= 0.6 is 0 Å². The highest BCUT2D eigenvalue weighted by Crippen LogP contribution is 2.10. The van der Waals surface area contributed by atoms with Gasteiger partial charge in [-0.3, -0.25) is 14.4 Å². The van der Waals surface area contributed by atoms with Gasteiger partial charge in [-0.15, -0.1) is 0 Å². The quantitative estimate of drug-likeness (QED) is 0.493. The van der Waals surface area contributed by atoms with Crippen LogP contribution in [0.3, 0.4) is 0 Å². The number of aliphatic carboxylic acids is 1. The van der Waals surface area contributed by atoms with Crippen molar-refractivity contribution < 1.29 is 24.2 Å². The predicted molar refractivity (Wildman–Crippen MR) is 55.7 cm³/mol. The topological polar surface area (TPSA) is 92.7 Å². The Balaban J connectivity index is 0.000000293. The Bertz CT molecular complexity index is 246. The summed E-state index contributed by atoms with van der Waals surface area (Å²) in [6, 6.07) is 0. The molecule has 1 saturated heterocycles. The molecule has 2 N–H and O–H groups in total. The zero-order chi connectivity index (χ0) is 12.6. The SMILES string of the molecule is CC(=O)OC(C)=O.O=C(O)C1CCNCC1. The lowest BCUT2D eigenvalue weighted by atomic mass is 9.99. The number of ether oxygens (including phenoxy) is 1. The van der Waals surface area contributed by atoms with E-state index in [1.807, 2.05) is 0 Å². The van der Waals surface area contributed by atoms with E-state index in [9.17, 15) is 14.4 Å². The van der Waals surface area contributed by atoms with Crippen LogP contribution in [-0.4, -0.2) is 36.1 Å². The predicted octanol–water partition coefficient (Wildman–Crippen LogP) is 0.167. The third kappa shape index (κ3) is 7.93. The summed E-state index contributed by atoms with van der Waals surface area (Å²) in [5, 5.41) is 11.6. The average Bonchev–Trinajstić information content (AvgIpc) is 2.17. The van der Waals surface area contributed by atoms with Crippen molar-refractivity contribution in [1.82, 2.24) is 5.32 Å². The van der Waals surface area contributed by atoms with Crippen LogP contribution in [0.1, 0.15) is 26.7 Å². The van der Waals surface area contributed by atoms with Crippen molar-refractivity contribution in [3.63, 3.8) is 0 Å². The van der Waals surface area contributed by atoms with E-state index in [1.54, 1.807) is 0 Å². The molecule has 1 aliphatic heterocycles. The lowest BCUT2D eigenvalue weighted by Gasteiger charge is -2.17. The first-order valence-corrected chi connectivity index (χ1v) is 5.06. The van der Waals surface area contributed by atoms with Crippen molar-refractivity contribution >= 4 is 17.9 Å². The summed E-state index contributed by atoms with van der Waals surface area (Å²) in [7, 11) is 0. The highest BCUT2D eigenvalue weighted by Gasteiger charge is 2.18. The van der Waals surface area contributed by atoms with Crippen molar-refractivity contribution in [2.75, 3.05) is 13.1 Å². The van der Waals surface area contributed by atoms with Gasteiger partial charge in [-0.25, -0.2) is 0 Å². The largest absolute Gasteiger partial charge is 0.481 e. The summed E-state index contributed by atoms with van der Waals surface area (Å²) in [5.41, 5.74) is 0. The van der Waals surface area contributed by atoms with E-state index in [4.69, 9.17) is 5.11 Å². The molecule has 0 radical (unpaired) electrons. The van der Waals surface area contributed by atoms with Gasteiger partial charge in [-0.05, 0) is 25.9 Å². The van der Waals surface area contributed by atoms with Gasteiger partial charge in [0.1, 0.15) is 0 Å². The molecule has 0 unspecified atom stereocenters. The molecule has 6 heteroatoms. The summed E-state index contributed by atoms with van der Waals surface area (Å²) in [6.07, 6.45) is 1.57. The molecule has 0 spiro atoms. The summed E-state index contributed by atoms with van der Waals surface area (Å²) >= 11 is 0. The number of piperidine rings is 1. The number of carbonyl (C=O) groups is 3. The Morgan fingerprint density at radius 3 is 1.75 bits per heavy atom. The molecule has 0 atom stereocenters. The molecule has 6 nitrogen and oxygen atoms in total. The van der Waals surface area contributed by atoms with Gasteiger partial charge in [-0.2, -0.15) is 0 Å². The second-order valence-electron chi connectivity index (χ2n) is 3.45. The first kappa shape index (κ1) is 14.6. The molecular formula is C10H17NO5. The number of hydrogen-bond donors (Lipinski definition) is 2. The molecule has 0 aromatic rings. The average molecular weight is 231 g/mol. The molecule has 0 aromatic heterocycles. The normalized spacial score (nSPS) is 15.6. The molecule has 0 amide bonds. The van der Waals surface area contributed by atoms with Crippen molar-refractivity contribution in [1.29, 1.82) is 0 Å². The van der Waals surface area contributed by atoms with Crippen LogP contribution in [0.4, 0.5) is 0 Å². The lowest BCUT2D eigenvalue weighted by molar-refractivity contribution is -0.156. The van der Waals surface area contributed by atoms with E-state index in [1.165, 1.54) is 13.8 Å². The van der Waals surface area contributed by atoms with Gasteiger partial charge in [0.25, 0.3) is 0 Å². The Hall–Kier alpha value is -1.43. The molecule has 92 valence electrons. The van der Waals surface area contributed by atoms with E-state index in [2.05, 4.69) is 10.1 Å². The Kier molecular flexibility index (Phi) is 7.11. The van der Waals surface area contributed by atoms with Crippen LogP contribution in [0.25, 0.3) is 0 Å². The molecule has 1 rings (SSSR count). The van der Waals surface area contributed by atoms with Crippen molar-refractivity contribution in [3.8, 4) is 0 Å². The van der Waals surface area contributed by atoms with Crippen LogP contribution in [0.2, 0.25) is 0 Å². The summed E-state index contributed by atoms with van der Waals surface area (Å²) in [4.78, 5) is 29.9. The Morgan fingerprint density at radius 2 is 1.56 bits per heavy atom. The van der Waals surface area contributed by atoms with E-state index in [0.717, 1.165) is 25.9 Å². The minimum atomic E-state index is -0.642. The highest BCUT2D eigenvalue weighted by atomic mass is 16.6. The minimum absolute atomic E-state index is 0.0914. The fourth-order valence-corrected chi connectivity index (χ4v) is 1.27. The highest BCUT2D eigenvalue weighted by molar-refractivity contribution is 5.82. The molecule has 0 aliphatic carbocycles. The molecule has 1 heterocycles. The van der Waals surface area contributed by atoms with Gasteiger partial charge >= 0.3 is 17.9 Å². The van der Waals surface area contributed by atoms with Crippen LogP contribution in [0.5, 0.6) is 0 Å². The number of rotatable bonds is 1. The third-order valence-corrected chi connectivity index (χ3v) is 1.98. The third-order valence-electron chi connectivity index (χ3n) is 1.98. The van der Waals surface area contributed by atoms with E-state index >= 15 is 0 Å². The van der Waals surface area contributed by atoms with Gasteiger partial charge in [0.15, 0.2) is 0 Å². The van der Waals surface area contributed by atoms with E-state index < -0.39 is 17.9 Å². The van der Waals surface area contributed by atoms with Crippen LogP contribution in [-0.2, 0) is 19.1 Å². The molecule has 0 aromatic carbocycles. The van der Waals surface area contributed by atoms with Crippen LogP contribution in [0, 0.1) is 5.92 Å². The number of nitrogens with one attached hydrogen (secondary N) is 1. The maximum Gasteiger partial charge on any atom is 0.310 e. The standard InChI is InChI=1S/C6H11NO2.C4H6O3/c8-6(9)5-1-3-7-4-2-5;1-3(5)7-4(2)6/h5,7H,1-4H2,(H,8,9);1-2H3. The minimum Gasteiger partial charge on any atom is -0.481 e. The van der Waals surface area contributed by atoms with Crippen LogP contribution in [0.15, 0.2) is 0 Å². The maximum atomic E-state index is 10.3. The number of hydrogen-bond acceptors (Lipinski definition) is 5. The van der Waals surface area contributed by atoms with Crippen LogP contribution < -0.4 is 5.32 Å². The van der Waals surface area contributed by atoms with Gasteiger partial charge in [-0.1, -0.05) is 0 Å². The van der Waals surface area contributed by atoms with Gasteiger partial charge in [0.2, 0.25) is 0 Å². The van der Waals surface area contributed by atoms with Gasteiger partial charge in [0.05, 0.1) is 5.92 Å². The summed E-state index contributed by atoms with van der Waals surface area (Å²) in [6.45, 7) is 4.08. The fourth-order valence-electron chi connectivity index (χ4n) is 1.27. The monoisotopic (exact) mass is 231 g/mol. The number of esters is 2. The van der Waals surface area contributed by atoms with Crippen molar-refractivity contribution in [2.45, 2.75) is 26.7 Å². The lowest BCUT2D eigenvalue weighted by Crippen LogP contribution is -2.31. The zero-order valence-electron chi connectivity index (χ0n) is 9.49. The van der Waals surface area contributed by atoms with E-state index in [0.29, 0.717) is 0 Å². The van der Waals surface area contributed by atoms with Gasteiger partial charge < -0.3 is 15.2 Å². The number of carboxylic acids is 1. The number of carboxylic acid groups (broad SMARTS) is 1. The molecular weight excluding hydrogens is 214 g/mol.